The van der Waals surface area contributed by atoms with Crippen LogP contribution in [-0.4, -0.2) is 25.0 Å². The van der Waals surface area contributed by atoms with Gasteiger partial charge in [0.2, 0.25) is 0 Å². The third-order valence-corrected chi connectivity index (χ3v) is 3.25. The molecule has 1 aliphatic rings. The second kappa shape index (κ2) is 5.98. The minimum Gasteiger partial charge on any atom is -0.467 e. The normalized spacial score (nSPS) is 15.6. The number of rotatable bonds is 5. The Bertz CT molecular complexity index is 529. The van der Waals surface area contributed by atoms with Gasteiger partial charge in [0.15, 0.2) is 11.6 Å². The molecule has 1 saturated carbocycles. The Balaban J connectivity index is 2.10. The van der Waals surface area contributed by atoms with E-state index in [9.17, 15) is 18.4 Å². The van der Waals surface area contributed by atoms with E-state index in [1.807, 2.05) is 0 Å². The molecule has 1 aromatic rings. The lowest BCUT2D eigenvalue weighted by Crippen LogP contribution is -2.42. The highest BCUT2D eigenvalue weighted by atomic mass is 19.2. The van der Waals surface area contributed by atoms with Crippen LogP contribution in [-0.2, 0) is 9.53 Å². The predicted octanol–water partition coefficient (Wildman–Crippen LogP) is 2.04. The van der Waals surface area contributed by atoms with Gasteiger partial charge in [0.1, 0.15) is 6.04 Å². The fourth-order valence-corrected chi connectivity index (χ4v) is 1.96. The summed E-state index contributed by atoms with van der Waals surface area (Å²) in [7, 11) is 1.22. The van der Waals surface area contributed by atoms with Gasteiger partial charge in [-0.05, 0) is 24.5 Å². The fourth-order valence-electron chi connectivity index (χ4n) is 1.96. The number of amides is 1. The summed E-state index contributed by atoms with van der Waals surface area (Å²) in [4.78, 5) is 23.5. The summed E-state index contributed by atoms with van der Waals surface area (Å²) in [5.41, 5.74) is -0.422. The minimum absolute atomic E-state index is 0.372. The number of ether oxygens (including phenoxy) is 1. The molecule has 1 atom stereocenters. The first-order valence-corrected chi connectivity index (χ1v) is 6.35. The van der Waals surface area contributed by atoms with Gasteiger partial charge < -0.3 is 10.1 Å². The molecule has 1 aromatic carbocycles. The van der Waals surface area contributed by atoms with Crippen molar-refractivity contribution < 1.29 is 23.1 Å². The van der Waals surface area contributed by atoms with Gasteiger partial charge in [-0.25, -0.2) is 13.6 Å². The Hall–Kier alpha value is -1.98. The summed E-state index contributed by atoms with van der Waals surface area (Å²) >= 11 is 0. The zero-order chi connectivity index (χ0) is 14.7. The van der Waals surface area contributed by atoms with Crippen molar-refractivity contribution in [2.45, 2.75) is 25.3 Å². The van der Waals surface area contributed by atoms with E-state index in [1.165, 1.54) is 19.2 Å². The number of benzene rings is 1. The molecular weight excluding hydrogens is 268 g/mol. The number of halogens is 2. The minimum atomic E-state index is -1.22. The molecule has 0 aromatic heterocycles. The van der Waals surface area contributed by atoms with Crippen LogP contribution in [0.2, 0.25) is 0 Å². The van der Waals surface area contributed by atoms with Crippen molar-refractivity contribution in [3.05, 3.63) is 35.4 Å². The zero-order valence-electron chi connectivity index (χ0n) is 11.0. The van der Waals surface area contributed by atoms with Crippen molar-refractivity contribution >= 4 is 11.9 Å². The van der Waals surface area contributed by atoms with Crippen molar-refractivity contribution in [2.24, 2.45) is 5.92 Å². The highest BCUT2D eigenvalue weighted by Gasteiger charge is 2.31. The first kappa shape index (κ1) is 14.4. The maximum Gasteiger partial charge on any atom is 0.328 e. The van der Waals surface area contributed by atoms with E-state index in [-0.39, 0.29) is 0 Å². The number of methoxy groups -OCH3 is 1. The average molecular weight is 283 g/mol. The molecule has 20 heavy (non-hydrogen) atoms. The van der Waals surface area contributed by atoms with Crippen LogP contribution in [0.1, 0.15) is 29.6 Å². The molecule has 1 fully saturated rings. The van der Waals surface area contributed by atoms with Gasteiger partial charge in [0, 0.05) is 0 Å². The van der Waals surface area contributed by atoms with Crippen LogP contribution in [0, 0.1) is 17.6 Å². The molecule has 108 valence electrons. The second-order valence-electron chi connectivity index (χ2n) is 4.83. The Kier molecular flexibility index (Phi) is 4.32. The van der Waals surface area contributed by atoms with E-state index in [1.54, 1.807) is 0 Å². The first-order valence-electron chi connectivity index (χ1n) is 6.35. The third kappa shape index (κ3) is 3.31. The largest absolute Gasteiger partial charge is 0.467 e. The van der Waals surface area contributed by atoms with Crippen LogP contribution in [0.15, 0.2) is 18.2 Å². The number of hydrogen-bond acceptors (Lipinski definition) is 3. The standard InChI is InChI=1S/C14H15F2NO3/c1-20-14(19)11(7-8-5-6-8)17-13(18)9-3-2-4-10(15)12(9)16/h2-4,8,11H,5-7H2,1H3,(H,17,18)/t11-/m1/s1. The molecule has 0 saturated heterocycles. The molecule has 0 heterocycles. The van der Waals surface area contributed by atoms with Crippen LogP contribution >= 0.6 is 0 Å². The lowest BCUT2D eigenvalue weighted by Gasteiger charge is -2.16. The van der Waals surface area contributed by atoms with Gasteiger partial charge in [-0.1, -0.05) is 18.9 Å². The molecule has 1 amide bonds. The van der Waals surface area contributed by atoms with Crippen molar-refractivity contribution in [1.29, 1.82) is 0 Å². The Morgan fingerprint density at radius 2 is 2.10 bits per heavy atom. The molecular formula is C14H15F2NO3. The molecule has 0 spiro atoms. The highest BCUT2D eigenvalue weighted by molar-refractivity contribution is 5.97. The van der Waals surface area contributed by atoms with Gasteiger partial charge in [-0.2, -0.15) is 0 Å². The molecule has 1 N–H and O–H groups in total. The van der Waals surface area contributed by atoms with E-state index in [0.29, 0.717) is 12.3 Å². The topological polar surface area (TPSA) is 55.4 Å². The predicted molar refractivity (Wildman–Crippen MR) is 67.0 cm³/mol. The second-order valence-corrected chi connectivity index (χ2v) is 4.83. The summed E-state index contributed by atoms with van der Waals surface area (Å²) in [5, 5.41) is 2.40. The van der Waals surface area contributed by atoms with Gasteiger partial charge >= 0.3 is 5.97 Å². The molecule has 6 heteroatoms. The number of nitrogens with one attached hydrogen (secondary N) is 1. The van der Waals surface area contributed by atoms with Crippen molar-refractivity contribution in [1.82, 2.24) is 5.32 Å². The van der Waals surface area contributed by atoms with Gasteiger partial charge in [0.25, 0.3) is 5.91 Å². The highest BCUT2D eigenvalue weighted by Crippen LogP contribution is 2.33. The van der Waals surface area contributed by atoms with Crippen LogP contribution in [0.3, 0.4) is 0 Å². The Morgan fingerprint density at radius 3 is 2.70 bits per heavy atom. The molecule has 0 unspecified atom stereocenters. The monoisotopic (exact) mass is 283 g/mol. The molecule has 0 radical (unpaired) electrons. The summed E-state index contributed by atoms with van der Waals surface area (Å²) in [6.07, 6.45) is 2.45. The van der Waals surface area contributed by atoms with Gasteiger partial charge in [-0.15, -0.1) is 0 Å². The van der Waals surface area contributed by atoms with Crippen LogP contribution in [0.25, 0.3) is 0 Å². The van der Waals surface area contributed by atoms with Gasteiger partial charge in [-0.3, -0.25) is 4.79 Å². The van der Waals surface area contributed by atoms with Crippen LogP contribution < -0.4 is 5.32 Å². The van der Waals surface area contributed by atoms with E-state index in [2.05, 4.69) is 10.1 Å². The molecule has 4 nitrogen and oxygen atoms in total. The summed E-state index contributed by atoms with van der Waals surface area (Å²) in [6, 6.07) is 2.50. The van der Waals surface area contributed by atoms with E-state index < -0.39 is 35.1 Å². The molecule has 0 aliphatic heterocycles. The van der Waals surface area contributed by atoms with E-state index in [4.69, 9.17) is 0 Å². The van der Waals surface area contributed by atoms with Gasteiger partial charge in [0.05, 0.1) is 12.7 Å². The Labute approximate surface area is 115 Å². The van der Waals surface area contributed by atoms with E-state index >= 15 is 0 Å². The number of esters is 1. The quantitative estimate of drug-likeness (QED) is 0.841. The summed E-state index contributed by atoms with van der Waals surface area (Å²) < 4.78 is 31.2. The molecule has 1 aliphatic carbocycles. The van der Waals surface area contributed by atoms with Crippen molar-refractivity contribution in [3.8, 4) is 0 Å². The maximum absolute atomic E-state index is 13.5. The molecule has 0 bridgehead atoms. The fraction of sp³-hybridized carbons (Fsp3) is 0.429. The maximum atomic E-state index is 13.5. The Morgan fingerprint density at radius 1 is 1.40 bits per heavy atom. The smallest absolute Gasteiger partial charge is 0.328 e. The lowest BCUT2D eigenvalue weighted by molar-refractivity contribution is -0.143. The average Bonchev–Trinajstić information content (AvgIpc) is 3.24. The SMILES string of the molecule is COC(=O)[C@@H](CC1CC1)NC(=O)c1cccc(F)c1F. The van der Waals surface area contributed by atoms with Crippen molar-refractivity contribution in [2.75, 3.05) is 7.11 Å². The van der Waals surface area contributed by atoms with Crippen LogP contribution in [0.5, 0.6) is 0 Å². The lowest BCUT2D eigenvalue weighted by atomic mass is 10.1. The van der Waals surface area contributed by atoms with Crippen molar-refractivity contribution in [3.63, 3.8) is 0 Å². The number of carbonyl (C=O) groups excluding carboxylic acids is 2. The summed E-state index contributed by atoms with van der Waals surface area (Å²) in [6.45, 7) is 0. The van der Waals surface area contributed by atoms with E-state index in [0.717, 1.165) is 18.9 Å². The number of hydrogen-bond donors (Lipinski definition) is 1. The van der Waals surface area contributed by atoms with Crippen LogP contribution in [0.4, 0.5) is 8.78 Å². The summed E-state index contributed by atoms with van der Waals surface area (Å²) in [5.74, 6) is -3.36. The zero-order valence-corrected chi connectivity index (χ0v) is 11.0. The molecule has 2 rings (SSSR count). The number of carbonyl (C=O) groups is 2. The third-order valence-electron chi connectivity index (χ3n) is 3.25. The first-order chi connectivity index (χ1) is 9.52.